The summed E-state index contributed by atoms with van der Waals surface area (Å²) in [6.45, 7) is 6.07. The molecule has 0 aliphatic carbocycles. The van der Waals surface area contributed by atoms with Crippen LogP contribution >= 0.6 is 0 Å². The Morgan fingerprint density at radius 3 is 2.55 bits per heavy atom. The number of aromatic nitrogens is 4. The number of carboxylic acid groups (broad SMARTS) is 1. The summed E-state index contributed by atoms with van der Waals surface area (Å²) in [5, 5.41) is 29.5. The van der Waals surface area contributed by atoms with E-state index < -0.39 is 46.5 Å². The van der Waals surface area contributed by atoms with Gasteiger partial charge in [0.1, 0.15) is 23.1 Å². The minimum absolute atomic E-state index is 0.000236. The second-order valence-corrected chi connectivity index (χ2v) is 11.2. The molecule has 4 heterocycles. The maximum Gasteiger partial charge on any atom is 0.407 e. The molecule has 1 amide bonds. The molecule has 4 aromatic rings. The van der Waals surface area contributed by atoms with Crippen LogP contribution in [-0.2, 0) is 6.42 Å². The molecular weight excluding hydrogens is 574 g/mol. The van der Waals surface area contributed by atoms with Crippen molar-refractivity contribution in [2.75, 3.05) is 31.1 Å². The third kappa shape index (κ3) is 5.66. The number of nitrogens with zero attached hydrogens (tertiary/aromatic N) is 6. The van der Waals surface area contributed by atoms with Crippen LogP contribution in [-0.4, -0.2) is 78.1 Å². The van der Waals surface area contributed by atoms with Crippen molar-refractivity contribution in [1.29, 1.82) is 0 Å². The molecular formula is C31H34F2N6O5. The molecule has 1 fully saturated rings. The Hall–Kier alpha value is -4.65. The number of aliphatic hydroxyl groups excluding tert-OH is 1. The van der Waals surface area contributed by atoms with Crippen LogP contribution in [0.5, 0.6) is 5.75 Å². The van der Waals surface area contributed by atoms with Crippen molar-refractivity contribution in [3.8, 4) is 22.7 Å². The molecule has 0 bridgehead atoms. The summed E-state index contributed by atoms with van der Waals surface area (Å²) >= 11 is 0. The Kier molecular flexibility index (Phi) is 8.77. The van der Waals surface area contributed by atoms with Gasteiger partial charge in [0, 0.05) is 38.5 Å². The molecule has 5 rings (SSSR count). The van der Waals surface area contributed by atoms with E-state index in [0.29, 0.717) is 30.6 Å². The average Bonchev–Trinajstić information content (AvgIpc) is 2.97. The molecule has 1 aliphatic rings. The Morgan fingerprint density at radius 1 is 1.11 bits per heavy atom. The van der Waals surface area contributed by atoms with Gasteiger partial charge in [-0.25, -0.2) is 27.9 Å². The standard InChI is InChI=1S/C31H34F2N6O5/c1-17(2)25-27(19(10-11-34-25)7-4-5-14-40)39-29-20(15-22(33)26(35-29)24-21(32)8-6-9-23(24)41)28(36-30(39)42)38-13-12-37(31(43)44)16-18(38)3/h6,8-11,15,17-18,40-41H,4-5,7,12-14,16H2,1-3H3,(H,43,44)/t18-/m0/s1. The highest BCUT2D eigenvalue weighted by Crippen LogP contribution is 2.37. The highest BCUT2D eigenvalue weighted by molar-refractivity contribution is 5.91. The van der Waals surface area contributed by atoms with Crippen LogP contribution in [0.3, 0.4) is 0 Å². The number of hydrogen-bond acceptors (Lipinski definition) is 8. The number of fused-ring (bicyclic) bond motifs is 1. The van der Waals surface area contributed by atoms with Crippen molar-refractivity contribution in [2.24, 2.45) is 0 Å². The molecule has 1 aliphatic heterocycles. The zero-order valence-electron chi connectivity index (χ0n) is 24.7. The minimum Gasteiger partial charge on any atom is -0.507 e. The summed E-state index contributed by atoms with van der Waals surface area (Å²) in [6, 6.07) is 6.05. The van der Waals surface area contributed by atoms with Crippen LogP contribution in [0.15, 0.2) is 41.3 Å². The van der Waals surface area contributed by atoms with Gasteiger partial charge in [-0.05, 0) is 61.9 Å². The van der Waals surface area contributed by atoms with Crippen molar-refractivity contribution in [3.63, 3.8) is 0 Å². The van der Waals surface area contributed by atoms with E-state index in [1.807, 2.05) is 13.8 Å². The zero-order valence-corrected chi connectivity index (χ0v) is 24.7. The predicted molar refractivity (Wildman–Crippen MR) is 160 cm³/mol. The summed E-state index contributed by atoms with van der Waals surface area (Å²) in [5.41, 5.74) is 0.0205. The lowest BCUT2D eigenvalue weighted by molar-refractivity contribution is 0.136. The summed E-state index contributed by atoms with van der Waals surface area (Å²) < 4.78 is 32.2. The van der Waals surface area contributed by atoms with Gasteiger partial charge >= 0.3 is 11.8 Å². The van der Waals surface area contributed by atoms with E-state index in [1.165, 1.54) is 21.6 Å². The van der Waals surface area contributed by atoms with Crippen molar-refractivity contribution in [3.05, 3.63) is 69.9 Å². The number of aromatic hydroxyl groups is 1. The largest absolute Gasteiger partial charge is 0.507 e. The highest BCUT2D eigenvalue weighted by Gasteiger charge is 2.31. The molecule has 1 saturated heterocycles. The number of unbranched alkanes of at least 4 members (excludes halogenated alkanes) is 1. The van der Waals surface area contributed by atoms with E-state index >= 15 is 8.78 Å². The number of hydrogen-bond donors (Lipinski definition) is 3. The normalized spacial score (nSPS) is 15.4. The number of benzene rings is 1. The summed E-state index contributed by atoms with van der Waals surface area (Å²) in [4.78, 5) is 42.2. The number of carbonyl (C=O) groups is 1. The van der Waals surface area contributed by atoms with Crippen LogP contribution in [0.2, 0.25) is 0 Å². The number of halogens is 2. The lowest BCUT2D eigenvalue weighted by Gasteiger charge is -2.39. The summed E-state index contributed by atoms with van der Waals surface area (Å²) in [5.74, 6) is -2.39. The van der Waals surface area contributed by atoms with Crippen molar-refractivity contribution >= 4 is 22.9 Å². The van der Waals surface area contributed by atoms with Gasteiger partial charge in [-0.1, -0.05) is 19.9 Å². The monoisotopic (exact) mass is 608 g/mol. The molecule has 3 N–H and O–H groups in total. The van der Waals surface area contributed by atoms with Gasteiger partial charge in [-0.15, -0.1) is 0 Å². The van der Waals surface area contributed by atoms with Crippen LogP contribution in [0.4, 0.5) is 19.4 Å². The quantitative estimate of drug-likeness (QED) is 0.247. The molecule has 1 aromatic carbocycles. The molecule has 0 unspecified atom stereocenters. The maximum atomic E-state index is 15.9. The number of aryl methyl sites for hydroxylation is 1. The molecule has 0 radical (unpaired) electrons. The van der Waals surface area contributed by atoms with Gasteiger partial charge < -0.3 is 25.1 Å². The highest BCUT2D eigenvalue weighted by atomic mass is 19.1. The lowest BCUT2D eigenvalue weighted by atomic mass is 10.00. The van der Waals surface area contributed by atoms with Crippen LogP contribution in [0.1, 0.15) is 50.8 Å². The number of pyridine rings is 2. The molecule has 11 nitrogen and oxygen atoms in total. The second-order valence-electron chi connectivity index (χ2n) is 11.2. The molecule has 0 spiro atoms. The van der Waals surface area contributed by atoms with Crippen LogP contribution < -0.4 is 10.6 Å². The van der Waals surface area contributed by atoms with Gasteiger partial charge in [0.05, 0.1) is 22.3 Å². The number of amides is 1. The first-order valence-corrected chi connectivity index (χ1v) is 14.5. The van der Waals surface area contributed by atoms with Gasteiger partial charge in [0.15, 0.2) is 11.5 Å². The van der Waals surface area contributed by atoms with Crippen LogP contribution in [0.25, 0.3) is 28.0 Å². The lowest BCUT2D eigenvalue weighted by Crippen LogP contribution is -2.54. The summed E-state index contributed by atoms with van der Waals surface area (Å²) in [7, 11) is 0. The topological polar surface area (TPSA) is 145 Å². The van der Waals surface area contributed by atoms with E-state index in [9.17, 15) is 24.9 Å². The van der Waals surface area contributed by atoms with Crippen LogP contribution in [0, 0.1) is 11.6 Å². The number of rotatable bonds is 8. The number of piperazine rings is 1. The van der Waals surface area contributed by atoms with Gasteiger partial charge in [-0.2, -0.15) is 4.98 Å². The Morgan fingerprint density at radius 2 is 1.89 bits per heavy atom. The molecule has 3 aromatic heterocycles. The van der Waals surface area contributed by atoms with E-state index in [4.69, 9.17) is 0 Å². The average molecular weight is 609 g/mol. The number of anilines is 1. The third-order valence-electron chi connectivity index (χ3n) is 7.86. The first-order valence-electron chi connectivity index (χ1n) is 14.5. The zero-order chi connectivity index (χ0) is 31.7. The van der Waals surface area contributed by atoms with Gasteiger partial charge in [0.2, 0.25) is 0 Å². The van der Waals surface area contributed by atoms with E-state index in [1.54, 1.807) is 24.1 Å². The first kappa shape index (κ1) is 30.8. The van der Waals surface area contributed by atoms with E-state index in [2.05, 4.69) is 15.0 Å². The fourth-order valence-corrected chi connectivity index (χ4v) is 5.72. The molecule has 232 valence electrons. The first-order chi connectivity index (χ1) is 21.0. The fraction of sp³-hybridized carbons (Fsp3) is 0.387. The van der Waals surface area contributed by atoms with Crippen molar-refractivity contribution in [2.45, 2.75) is 52.0 Å². The molecule has 1 atom stereocenters. The van der Waals surface area contributed by atoms with Crippen molar-refractivity contribution < 1.29 is 28.9 Å². The second kappa shape index (κ2) is 12.5. The number of phenols is 1. The minimum atomic E-state index is -1.07. The number of phenolic OH excluding ortho intramolecular Hbond substituents is 1. The van der Waals surface area contributed by atoms with Gasteiger partial charge in [-0.3, -0.25) is 4.98 Å². The van der Waals surface area contributed by atoms with Crippen molar-refractivity contribution in [1.82, 2.24) is 24.4 Å². The summed E-state index contributed by atoms with van der Waals surface area (Å²) in [6.07, 6.45) is 2.21. The molecule has 13 heteroatoms. The molecule has 0 saturated carbocycles. The maximum absolute atomic E-state index is 15.9. The van der Waals surface area contributed by atoms with Gasteiger partial charge in [0.25, 0.3) is 0 Å². The van der Waals surface area contributed by atoms with E-state index in [0.717, 1.165) is 17.7 Å². The van der Waals surface area contributed by atoms with E-state index in [-0.39, 0.29) is 49.0 Å². The Labute approximate surface area is 252 Å². The predicted octanol–water partition coefficient (Wildman–Crippen LogP) is 4.45. The third-order valence-corrected chi connectivity index (χ3v) is 7.86. The molecule has 44 heavy (non-hydrogen) atoms. The smallest absolute Gasteiger partial charge is 0.407 e. The fourth-order valence-electron chi connectivity index (χ4n) is 5.72. The Balaban J connectivity index is 1.85. The number of aliphatic hydroxyl groups is 1. The Bertz CT molecular complexity index is 1760. The SMILES string of the molecule is CC(C)c1nccc(CCCCO)c1-n1c(=O)nc(N2CCN(C(=O)O)C[C@@H]2C)c2cc(F)c(-c3c(O)cccc3F)nc21.